The molecule has 8 nitrogen and oxygen atoms in total. The summed E-state index contributed by atoms with van der Waals surface area (Å²) in [5.41, 5.74) is 2.06. The highest BCUT2D eigenvalue weighted by Crippen LogP contribution is 2.46. The molecule has 3 amide bonds. The standard InChI is InChI=1S/C13H11N3OS.C11H17F3N2O2.C4H10.C2H6/c14-3-11(16-7-17)9-4-15-5-12-13(9)10(6-18-12)8-1-2-8;1-7-5-16(6-10(7,2)3)8(17)4-15-9(18)11(12,13)14;1-4(2)3;1-2/h4-8,11H,1-2H2,(H,16,17);7H,4-6H2,1-3H3,(H,15,18);4H,1-3H3;1-2H3/t;7-;;/m.0../s1. The number of nitriles is 1. The minimum absolute atomic E-state index is 0.0519. The van der Waals surface area contributed by atoms with Crippen molar-refractivity contribution in [3.8, 4) is 6.07 Å². The normalized spacial score (nSPS) is 17.8. The van der Waals surface area contributed by atoms with Gasteiger partial charge in [-0.25, -0.2) is 0 Å². The van der Waals surface area contributed by atoms with E-state index in [1.807, 2.05) is 40.8 Å². The molecular weight excluding hydrogens is 567 g/mol. The first kappa shape index (κ1) is 36.8. The van der Waals surface area contributed by atoms with E-state index in [-0.39, 0.29) is 11.3 Å². The van der Waals surface area contributed by atoms with Gasteiger partial charge in [-0.1, -0.05) is 55.4 Å². The molecule has 2 atom stereocenters. The molecule has 1 aliphatic carbocycles. The molecule has 2 aliphatic rings. The number of thiophene rings is 1. The smallest absolute Gasteiger partial charge is 0.340 e. The maximum Gasteiger partial charge on any atom is 0.471 e. The predicted molar refractivity (Wildman–Crippen MR) is 160 cm³/mol. The Morgan fingerprint density at radius 2 is 1.83 bits per heavy atom. The Bertz CT molecular complexity index is 1220. The number of hydrogen-bond acceptors (Lipinski definition) is 6. The van der Waals surface area contributed by atoms with Crippen LogP contribution in [0, 0.1) is 28.6 Å². The molecule has 2 aromatic heterocycles. The van der Waals surface area contributed by atoms with Crippen LogP contribution in [0.2, 0.25) is 0 Å². The number of halogens is 3. The third-order valence-corrected chi connectivity index (χ3v) is 7.61. The Kier molecular flexibility index (Phi) is 14.4. The van der Waals surface area contributed by atoms with Gasteiger partial charge in [-0.3, -0.25) is 19.4 Å². The topological polar surface area (TPSA) is 115 Å². The number of alkyl halides is 3. The molecule has 2 fully saturated rings. The zero-order chi connectivity index (χ0) is 32.3. The van der Waals surface area contributed by atoms with Gasteiger partial charge in [-0.2, -0.15) is 18.4 Å². The van der Waals surface area contributed by atoms with Crippen LogP contribution in [0.4, 0.5) is 13.2 Å². The van der Waals surface area contributed by atoms with Crippen LogP contribution in [0.15, 0.2) is 17.8 Å². The van der Waals surface area contributed by atoms with Gasteiger partial charge in [-0.15, -0.1) is 11.3 Å². The van der Waals surface area contributed by atoms with E-state index in [1.165, 1.54) is 23.3 Å². The number of hydrogen-bond donors (Lipinski definition) is 2. The van der Waals surface area contributed by atoms with Crippen LogP contribution in [0.3, 0.4) is 0 Å². The van der Waals surface area contributed by atoms with E-state index < -0.39 is 30.6 Å². The second-order valence-electron chi connectivity index (χ2n) is 11.5. The van der Waals surface area contributed by atoms with Crippen molar-refractivity contribution in [2.45, 2.75) is 86.4 Å². The lowest BCUT2D eigenvalue weighted by Gasteiger charge is -2.22. The number of carbonyl (C=O) groups excluding carboxylic acids is 3. The minimum Gasteiger partial charge on any atom is -0.340 e. The molecule has 0 bridgehead atoms. The van der Waals surface area contributed by atoms with E-state index in [2.05, 4.69) is 42.5 Å². The van der Waals surface area contributed by atoms with Crippen LogP contribution in [0.1, 0.15) is 91.3 Å². The Hall–Kier alpha value is -3.20. The molecule has 234 valence electrons. The summed E-state index contributed by atoms with van der Waals surface area (Å²) in [6.45, 7) is 16.9. The summed E-state index contributed by atoms with van der Waals surface area (Å²) in [6.07, 6.45) is 1.56. The Morgan fingerprint density at radius 3 is 2.29 bits per heavy atom. The molecule has 1 saturated carbocycles. The summed E-state index contributed by atoms with van der Waals surface area (Å²) in [6, 6.07) is 1.49. The second kappa shape index (κ2) is 16.4. The summed E-state index contributed by atoms with van der Waals surface area (Å²) in [7, 11) is 0. The Morgan fingerprint density at radius 1 is 1.24 bits per heavy atom. The first-order valence-corrected chi connectivity index (χ1v) is 15.1. The van der Waals surface area contributed by atoms with Gasteiger partial charge in [0.05, 0.1) is 17.3 Å². The summed E-state index contributed by atoms with van der Waals surface area (Å²) in [4.78, 5) is 38.4. The lowest BCUT2D eigenvalue weighted by Crippen LogP contribution is -2.44. The van der Waals surface area contributed by atoms with Gasteiger partial charge < -0.3 is 15.5 Å². The molecule has 1 aliphatic heterocycles. The monoisotopic (exact) mass is 611 g/mol. The van der Waals surface area contributed by atoms with Gasteiger partial charge in [0.1, 0.15) is 6.04 Å². The molecule has 0 radical (unpaired) electrons. The van der Waals surface area contributed by atoms with Crippen molar-refractivity contribution in [1.29, 1.82) is 5.26 Å². The zero-order valence-corrected chi connectivity index (χ0v) is 26.6. The van der Waals surface area contributed by atoms with Crippen molar-refractivity contribution >= 4 is 39.6 Å². The number of nitrogens with zero attached hydrogens (tertiary/aromatic N) is 3. The fourth-order valence-electron chi connectivity index (χ4n) is 4.07. The SMILES string of the molecule is CC.CC(C)C.C[C@H]1CN(C(=O)CNC(=O)C(F)(F)F)CC1(C)C.N#CC(NC=O)c1cncc2scc(C3CC3)c12. The van der Waals surface area contributed by atoms with E-state index in [1.54, 1.807) is 22.9 Å². The number of likely N-dealkylation sites (tertiary alicyclic amines) is 1. The molecule has 1 unspecified atom stereocenters. The van der Waals surface area contributed by atoms with Crippen molar-refractivity contribution in [2.75, 3.05) is 19.6 Å². The third kappa shape index (κ3) is 10.9. The molecule has 1 saturated heterocycles. The van der Waals surface area contributed by atoms with E-state index in [0.29, 0.717) is 25.4 Å². The fourth-order valence-corrected chi connectivity index (χ4v) is 5.11. The number of carbonyl (C=O) groups is 3. The van der Waals surface area contributed by atoms with E-state index >= 15 is 0 Å². The predicted octanol–water partition coefficient (Wildman–Crippen LogP) is 6.34. The Labute approximate surface area is 251 Å². The summed E-state index contributed by atoms with van der Waals surface area (Å²) in [5, 5.41) is 16.5. The van der Waals surface area contributed by atoms with Gasteiger partial charge in [0.15, 0.2) is 0 Å². The first-order valence-electron chi connectivity index (χ1n) is 14.2. The van der Waals surface area contributed by atoms with Crippen LogP contribution >= 0.6 is 11.3 Å². The molecule has 12 heteroatoms. The van der Waals surface area contributed by atoms with Gasteiger partial charge in [-0.05, 0) is 47.0 Å². The van der Waals surface area contributed by atoms with Crippen molar-refractivity contribution in [3.05, 3.63) is 28.9 Å². The van der Waals surface area contributed by atoms with Gasteiger partial charge in [0.2, 0.25) is 12.3 Å². The van der Waals surface area contributed by atoms with Crippen LogP contribution in [-0.2, 0) is 14.4 Å². The van der Waals surface area contributed by atoms with E-state index in [4.69, 9.17) is 5.26 Å². The van der Waals surface area contributed by atoms with E-state index in [9.17, 15) is 27.6 Å². The zero-order valence-electron chi connectivity index (χ0n) is 25.8. The average molecular weight is 612 g/mol. The molecule has 2 aromatic rings. The summed E-state index contributed by atoms with van der Waals surface area (Å²) < 4.78 is 36.9. The fraction of sp³-hybridized carbons (Fsp3) is 0.633. The number of fused-ring (bicyclic) bond motifs is 1. The van der Waals surface area contributed by atoms with Crippen LogP contribution in [-0.4, -0.2) is 53.9 Å². The van der Waals surface area contributed by atoms with Crippen molar-refractivity contribution in [2.24, 2.45) is 17.3 Å². The number of rotatable bonds is 6. The molecule has 2 N–H and O–H groups in total. The van der Waals surface area contributed by atoms with Crippen LogP contribution < -0.4 is 10.6 Å². The van der Waals surface area contributed by atoms with Crippen molar-refractivity contribution in [1.82, 2.24) is 20.5 Å². The van der Waals surface area contributed by atoms with Crippen molar-refractivity contribution in [3.63, 3.8) is 0 Å². The summed E-state index contributed by atoms with van der Waals surface area (Å²) >= 11 is 1.65. The lowest BCUT2D eigenvalue weighted by molar-refractivity contribution is -0.174. The maximum absolute atomic E-state index is 11.9. The third-order valence-electron chi connectivity index (χ3n) is 6.67. The molecule has 3 heterocycles. The molecular formula is C30H44F3N5O3S. The Balaban J connectivity index is 0.000000354. The molecule has 0 aromatic carbocycles. The highest BCUT2D eigenvalue weighted by molar-refractivity contribution is 7.17. The lowest BCUT2D eigenvalue weighted by atomic mass is 9.84. The van der Waals surface area contributed by atoms with Crippen molar-refractivity contribution < 1.29 is 27.6 Å². The highest BCUT2D eigenvalue weighted by Gasteiger charge is 2.41. The largest absolute Gasteiger partial charge is 0.471 e. The number of amides is 3. The molecule has 4 rings (SSSR count). The molecule has 0 spiro atoms. The minimum atomic E-state index is -4.95. The van der Waals surface area contributed by atoms with Gasteiger partial charge in [0.25, 0.3) is 0 Å². The number of nitrogens with one attached hydrogen (secondary N) is 2. The van der Waals surface area contributed by atoms with Crippen LogP contribution in [0.5, 0.6) is 0 Å². The quantitative estimate of drug-likeness (QED) is 0.370. The average Bonchev–Trinajstić information content (AvgIpc) is 3.61. The number of pyridine rings is 1. The van der Waals surface area contributed by atoms with Crippen LogP contribution in [0.25, 0.3) is 10.1 Å². The van der Waals surface area contributed by atoms with Gasteiger partial charge in [0, 0.05) is 36.4 Å². The first-order chi connectivity index (χ1) is 19.6. The summed E-state index contributed by atoms with van der Waals surface area (Å²) in [5.74, 6) is -0.831. The van der Waals surface area contributed by atoms with Gasteiger partial charge >= 0.3 is 12.1 Å². The second-order valence-corrected chi connectivity index (χ2v) is 12.4. The van der Waals surface area contributed by atoms with E-state index in [0.717, 1.165) is 21.6 Å². The molecule has 42 heavy (non-hydrogen) atoms. The number of aromatic nitrogens is 1. The maximum atomic E-state index is 11.9. The highest BCUT2D eigenvalue weighted by atomic mass is 32.1.